The van der Waals surface area contributed by atoms with E-state index in [4.69, 9.17) is 0 Å². The Morgan fingerprint density at radius 1 is 0.960 bits per heavy atom. The van der Waals surface area contributed by atoms with Crippen LogP contribution >= 0.6 is 0 Å². The van der Waals surface area contributed by atoms with Crippen LogP contribution in [0.2, 0.25) is 0 Å². The molecule has 5 heteroatoms. The first-order valence-corrected chi connectivity index (χ1v) is 8.39. The molecule has 0 saturated carbocycles. The molecule has 1 saturated heterocycles. The lowest BCUT2D eigenvalue weighted by Gasteiger charge is -2.29. The molecule has 2 aliphatic heterocycles. The van der Waals surface area contributed by atoms with Gasteiger partial charge in [0.25, 0.3) is 5.91 Å². The van der Waals surface area contributed by atoms with Crippen LogP contribution in [0.4, 0.5) is 0 Å². The highest BCUT2D eigenvalue weighted by Crippen LogP contribution is 2.35. The first-order valence-electron chi connectivity index (χ1n) is 8.39. The van der Waals surface area contributed by atoms with Crippen molar-refractivity contribution in [3.05, 3.63) is 59.2 Å². The molecule has 0 bridgehead atoms. The van der Waals surface area contributed by atoms with Crippen molar-refractivity contribution >= 4 is 17.7 Å². The van der Waals surface area contributed by atoms with Gasteiger partial charge in [0.05, 0.1) is 0 Å². The fourth-order valence-corrected chi connectivity index (χ4v) is 3.71. The molecule has 2 aliphatic rings. The molecule has 5 nitrogen and oxygen atoms in total. The third kappa shape index (κ3) is 2.52. The van der Waals surface area contributed by atoms with Gasteiger partial charge in [0, 0.05) is 18.5 Å². The maximum absolute atomic E-state index is 12.9. The molecule has 3 amide bonds. The van der Waals surface area contributed by atoms with E-state index < -0.39 is 6.04 Å². The summed E-state index contributed by atoms with van der Waals surface area (Å²) in [5, 5.41) is 2.34. The van der Waals surface area contributed by atoms with Crippen LogP contribution in [0, 0.1) is 6.92 Å². The molecule has 2 aromatic carbocycles. The van der Waals surface area contributed by atoms with Gasteiger partial charge in [0.2, 0.25) is 11.8 Å². The van der Waals surface area contributed by atoms with E-state index in [1.54, 1.807) is 4.90 Å². The van der Waals surface area contributed by atoms with Gasteiger partial charge in [-0.05, 0) is 41.7 Å². The van der Waals surface area contributed by atoms with Crippen LogP contribution in [0.3, 0.4) is 0 Å². The SMILES string of the molecule is Cc1ccccc1-c1cccc2c1CN(C1CCC(=O)NC1=O)C2=O. The van der Waals surface area contributed by atoms with E-state index in [1.165, 1.54) is 0 Å². The minimum absolute atomic E-state index is 0.139. The molecule has 2 heterocycles. The van der Waals surface area contributed by atoms with Gasteiger partial charge in [-0.1, -0.05) is 36.4 Å². The van der Waals surface area contributed by atoms with Crippen molar-refractivity contribution < 1.29 is 14.4 Å². The number of rotatable bonds is 2. The Labute approximate surface area is 145 Å². The normalized spacial score (nSPS) is 19.8. The first kappa shape index (κ1) is 15.6. The van der Waals surface area contributed by atoms with Crippen LogP contribution < -0.4 is 5.32 Å². The van der Waals surface area contributed by atoms with Crippen LogP contribution in [0.1, 0.15) is 34.3 Å². The average Bonchev–Trinajstić information content (AvgIpc) is 2.93. The van der Waals surface area contributed by atoms with Crippen molar-refractivity contribution in [2.75, 3.05) is 0 Å². The zero-order chi connectivity index (χ0) is 17.6. The van der Waals surface area contributed by atoms with E-state index in [0.29, 0.717) is 18.5 Å². The van der Waals surface area contributed by atoms with Gasteiger partial charge in [-0.3, -0.25) is 19.7 Å². The minimum atomic E-state index is -0.581. The zero-order valence-electron chi connectivity index (χ0n) is 13.9. The Hall–Kier alpha value is -2.95. The summed E-state index contributed by atoms with van der Waals surface area (Å²) in [6.45, 7) is 2.44. The Morgan fingerprint density at radius 2 is 1.68 bits per heavy atom. The number of nitrogens with zero attached hydrogens (tertiary/aromatic N) is 1. The number of aryl methyl sites for hydroxylation is 1. The summed E-state index contributed by atoms with van der Waals surface area (Å²) in [6.07, 6.45) is 0.644. The van der Waals surface area contributed by atoms with Crippen molar-refractivity contribution in [2.24, 2.45) is 0 Å². The first-order chi connectivity index (χ1) is 12.1. The number of amides is 3. The number of hydrogen-bond acceptors (Lipinski definition) is 3. The molecule has 0 aliphatic carbocycles. The Balaban J connectivity index is 1.73. The van der Waals surface area contributed by atoms with Gasteiger partial charge in [-0.2, -0.15) is 0 Å². The number of imide groups is 1. The molecule has 0 aromatic heterocycles. The molecule has 25 heavy (non-hydrogen) atoms. The van der Waals surface area contributed by atoms with E-state index in [2.05, 4.69) is 5.32 Å². The summed E-state index contributed by atoms with van der Waals surface area (Å²) in [5.74, 6) is -0.791. The standard InChI is InChI=1S/C20H18N2O3/c1-12-5-2-3-6-13(12)14-7-4-8-15-16(14)11-22(20(15)25)17-9-10-18(23)21-19(17)24/h2-8,17H,9-11H2,1H3,(H,21,23,24). The van der Waals surface area contributed by atoms with Crippen molar-refractivity contribution in [3.8, 4) is 11.1 Å². The van der Waals surface area contributed by atoms with Crippen LogP contribution in [0.15, 0.2) is 42.5 Å². The second-order valence-corrected chi connectivity index (χ2v) is 6.55. The second-order valence-electron chi connectivity index (χ2n) is 6.55. The smallest absolute Gasteiger partial charge is 0.255 e. The summed E-state index contributed by atoms with van der Waals surface area (Å²) in [5.41, 5.74) is 4.86. The predicted molar refractivity (Wildman–Crippen MR) is 92.7 cm³/mol. The molecule has 4 rings (SSSR count). The Bertz CT molecular complexity index is 904. The van der Waals surface area contributed by atoms with Crippen molar-refractivity contribution in [1.29, 1.82) is 0 Å². The van der Waals surface area contributed by atoms with Crippen LogP contribution in [-0.4, -0.2) is 28.7 Å². The van der Waals surface area contributed by atoms with Crippen molar-refractivity contribution in [2.45, 2.75) is 32.4 Å². The molecule has 0 radical (unpaired) electrons. The summed E-state index contributed by atoms with van der Waals surface area (Å²) >= 11 is 0. The molecule has 1 unspecified atom stereocenters. The van der Waals surface area contributed by atoms with Crippen LogP contribution in [0.25, 0.3) is 11.1 Å². The van der Waals surface area contributed by atoms with Gasteiger partial charge in [0.1, 0.15) is 6.04 Å². The third-order valence-electron chi connectivity index (χ3n) is 5.02. The van der Waals surface area contributed by atoms with Crippen LogP contribution in [0.5, 0.6) is 0 Å². The summed E-state index contributed by atoms with van der Waals surface area (Å²) < 4.78 is 0. The lowest BCUT2D eigenvalue weighted by molar-refractivity contribution is -0.136. The highest BCUT2D eigenvalue weighted by Gasteiger charge is 2.39. The van der Waals surface area contributed by atoms with Gasteiger partial charge >= 0.3 is 0 Å². The average molecular weight is 334 g/mol. The molecule has 1 fully saturated rings. The number of carbonyl (C=O) groups excluding carboxylic acids is 3. The number of piperidine rings is 1. The molecule has 2 aromatic rings. The maximum Gasteiger partial charge on any atom is 0.255 e. The second kappa shape index (κ2) is 5.84. The van der Waals surface area contributed by atoms with Gasteiger partial charge in [-0.15, -0.1) is 0 Å². The third-order valence-corrected chi connectivity index (χ3v) is 5.02. The number of nitrogens with one attached hydrogen (secondary N) is 1. The highest BCUT2D eigenvalue weighted by atomic mass is 16.2. The van der Waals surface area contributed by atoms with Crippen LogP contribution in [-0.2, 0) is 16.1 Å². The lowest BCUT2D eigenvalue weighted by Crippen LogP contribution is -2.52. The predicted octanol–water partition coefficient (Wildman–Crippen LogP) is 2.42. The Morgan fingerprint density at radius 3 is 2.44 bits per heavy atom. The van der Waals surface area contributed by atoms with E-state index in [9.17, 15) is 14.4 Å². The topological polar surface area (TPSA) is 66.5 Å². The molecule has 1 N–H and O–H groups in total. The minimum Gasteiger partial charge on any atom is -0.322 e. The largest absolute Gasteiger partial charge is 0.322 e. The molecule has 0 spiro atoms. The van der Waals surface area contributed by atoms with Crippen molar-refractivity contribution in [1.82, 2.24) is 10.2 Å². The quantitative estimate of drug-likeness (QED) is 0.858. The number of benzene rings is 2. The van der Waals surface area contributed by atoms with Gasteiger partial charge < -0.3 is 4.90 Å². The van der Waals surface area contributed by atoms with E-state index in [-0.39, 0.29) is 24.1 Å². The summed E-state index contributed by atoms with van der Waals surface area (Å²) in [4.78, 5) is 38.0. The fourth-order valence-electron chi connectivity index (χ4n) is 3.71. The molecular weight excluding hydrogens is 316 g/mol. The lowest BCUT2D eigenvalue weighted by atomic mass is 9.94. The molecule has 126 valence electrons. The number of fused-ring (bicyclic) bond motifs is 1. The highest BCUT2D eigenvalue weighted by molar-refractivity contribution is 6.06. The fraction of sp³-hybridized carbons (Fsp3) is 0.250. The number of carbonyl (C=O) groups is 3. The van der Waals surface area contributed by atoms with E-state index in [1.807, 2.05) is 49.4 Å². The molecule has 1 atom stereocenters. The van der Waals surface area contributed by atoms with E-state index in [0.717, 1.165) is 22.3 Å². The summed E-state index contributed by atoms with van der Waals surface area (Å²) in [6, 6.07) is 13.2. The maximum atomic E-state index is 12.9. The zero-order valence-corrected chi connectivity index (χ0v) is 13.9. The van der Waals surface area contributed by atoms with E-state index >= 15 is 0 Å². The van der Waals surface area contributed by atoms with Crippen molar-refractivity contribution in [3.63, 3.8) is 0 Å². The van der Waals surface area contributed by atoms with Gasteiger partial charge in [0.15, 0.2) is 0 Å². The summed E-state index contributed by atoms with van der Waals surface area (Å²) in [7, 11) is 0. The monoisotopic (exact) mass is 334 g/mol. The Kier molecular flexibility index (Phi) is 3.64. The number of hydrogen-bond donors (Lipinski definition) is 1. The van der Waals surface area contributed by atoms with Gasteiger partial charge in [-0.25, -0.2) is 0 Å². The molecular formula is C20H18N2O3.